The van der Waals surface area contributed by atoms with Crippen LogP contribution in [0.4, 0.5) is 5.69 Å². The highest BCUT2D eigenvalue weighted by Gasteiger charge is 2.19. The van der Waals surface area contributed by atoms with Gasteiger partial charge >= 0.3 is 0 Å². The average Bonchev–Trinajstić information content (AvgIpc) is 2.81. The van der Waals surface area contributed by atoms with E-state index < -0.39 is 0 Å². The van der Waals surface area contributed by atoms with Crippen LogP contribution in [0, 0.1) is 0 Å². The SMILES string of the molecule is O=Cc1cn(-c2ccccc2)c2nccc(N3CCCCCN3)c12. The smallest absolute Gasteiger partial charge is 0.152 e. The second kappa shape index (κ2) is 6.45. The molecule has 5 nitrogen and oxygen atoms in total. The molecule has 1 aliphatic heterocycles. The molecule has 0 saturated carbocycles. The third-order valence-corrected chi connectivity index (χ3v) is 4.51. The van der Waals surface area contributed by atoms with Crippen LogP contribution in [-0.2, 0) is 0 Å². The summed E-state index contributed by atoms with van der Waals surface area (Å²) in [5.74, 6) is 0. The number of hydrazine groups is 1. The number of aldehydes is 1. The maximum Gasteiger partial charge on any atom is 0.152 e. The molecular weight excluding hydrogens is 300 g/mol. The molecule has 0 radical (unpaired) electrons. The molecule has 3 aromatic rings. The summed E-state index contributed by atoms with van der Waals surface area (Å²) in [7, 11) is 0. The second-order valence-corrected chi connectivity index (χ2v) is 6.06. The van der Waals surface area contributed by atoms with Gasteiger partial charge in [0.25, 0.3) is 0 Å². The largest absolute Gasteiger partial charge is 0.308 e. The third-order valence-electron chi connectivity index (χ3n) is 4.51. The molecule has 1 aliphatic rings. The van der Waals surface area contributed by atoms with E-state index in [0.29, 0.717) is 5.56 Å². The lowest BCUT2D eigenvalue weighted by Crippen LogP contribution is -2.37. The third kappa shape index (κ3) is 2.57. The predicted octanol–water partition coefficient (Wildman–Crippen LogP) is 3.33. The number of rotatable bonds is 3. The normalized spacial score (nSPS) is 15.4. The maximum absolute atomic E-state index is 11.7. The molecule has 3 heterocycles. The van der Waals surface area contributed by atoms with Crippen LogP contribution in [0.25, 0.3) is 16.7 Å². The van der Waals surface area contributed by atoms with Gasteiger partial charge in [0.15, 0.2) is 6.29 Å². The summed E-state index contributed by atoms with van der Waals surface area (Å²) in [5, 5.41) is 3.07. The Balaban J connectivity index is 1.90. The van der Waals surface area contributed by atoms with Gasteiger partial charge in [-0.3, -0.25) is 4.79 Å². The molecule has 1 N–H and O–H groups in total. The molecule has 5 heteroatoms. The van der Waals surface area contributed by atoms with E-state index in [1.807, 2.05) is 53.4 Å². The standard InChI is InChI=1S/C19H20N4O/c24-14-15-13-22(16-7-3-1-4-8-16)19-18(15)17(9-11-20-19)23-12-6-2-5-10-21-23/h1,3-4,7-9,11,13-14,21H,2,5-6,10,12H2. The Morgan fingerprint density at radius 3 is 2.79 bits per heavy atom. The number of nitrogens with one attached hydrogen (secondary N) is 1. The predicted molar refractivity (Wildman–Crippen MR) is 95.7 cm³/mol. The number of carbonyl (C=O) groups is 1. The fourth-order valence-corrected chi connectivity index (χ4v) is 3.34. The average molecular weight is 320 g/mol. The molecule has 0 spiro atoms. The van der Waals surface area contributed by atoms with E-state index in [4.69, 9.17) is 0 Å². The highest BCUT2D eigenvalue weighted by molar-refractivity contribution is 6.04. The van der Waals surface area contributed by atoms with Crippen LogP contribution >= 0.6 is 0 Å². The molecule has 1 saturated heterocycles. The number of anilines is 1. The Bertz CT molecular complexity index is 848. The van der Waals surface area contributed by atoms with Crippen molar-refractivity contribution < 1.29 is 4.79 Å². The highest BCUT2D eigenvalue weighted by atomic mass is 16.1. The molecule has 0 unspecified atom stereocenters. The Kier molecular flexibility index (Phi) is 4.01. The van der Waals surface area contributed by atoms with Crippen LogP contribution in [0.15, 0.2) is 48.8 Å². The fraction of sp³-hybridized carbons (Fsp3) is 0.263. The van der Waals surface area contributed by atoms with Crippen LogP contribution in [0.1, 0.15) is 29.6 Å². The van der Waals surface area contributed by atoms with Gasteiger partial charge in [0.2, 0.25) is 0 Å². The van der Waals surface area contributed by atoms with Crippen LogP contribution in [0.3, 0.4) is 0 Å². The van der Waals surface area contributed by atoms with Gasteiger partial charge < -0.3 is 9.58 Å². The number of para-hydroxylation sites is 1. The van der Waals surface area contributed by atoms with Gasteiger partial charge in [0.05, 0.1) is 11.1 Å². The van der Waals surface area contributed by atoms with Gasteiger partial charge in [-0.05, 0) is 31.0 Å². The minimum atomic E-state index is 0.669. The molecule has 4 rings (SSSR count). The van der Waals surface area contributed by atoms with E-state index in [0.717, 1.165) is 48.2 Å². The number of aromatic nitrogens is 2. The molecule has 2 aromatic heterocycles. The summed E-state index contributed by atoms with van der Waals surface area (Å²) in [4.78, 5) is 16.2. The Morgan fingerprint density at radius 2 is 1.96 bits per heavy atom. The summed E-state index contributed by atoms with van der Waals surface area (Å²) in [5.41, 5.74) is 6.98. The first-order valence-corrected chi connectivity index (χ1v) is 8.40. The van der Waals surface area contributed by atoms with Gasteiger partial charge in [0.1, 0.15) is 5.65 Å². The van der Waals surface area contributed by atoms with Crippen LogP contribution in [0.5, 0.6) is 0 Å². The number of hydrogen-bond acceptors (Lipinski definition) is 4. The lowest BCUT2D eigenvalue weighted by atomic mass is 10.2. The van der Waals surface area contributed by atoms with Crippen LogP contribution in [-0.4, -0.2) is 28.9 Å². The summed E-state index contributed by atoms with van der Waals surface area (Å²) in [6.45, 7) is 1.90. The quantitative estimate of drug-likeness (QED) is 0.752. The van der Waals surface area contributed by atoms with Crippen molar-refractivity contribution in [2.75, 3.05) is 18.1 Å². The minimum Gasteiger partial charge on any atom is -0.308 e. The molecule has 1 fully saturated rings. The number of nitrogens with zero attached hydrogens (tertiary/aromatic N) is 3. The molecule has 1 aromatic carbocycles. The second-order valence-electron chi connectivity index (χ2n) is 6.06. The molecule has 24 heavy (non-hydrogen) atoms. The number of benzene rings is 1. The molecule has 0 amide bonds. The summed E-state index contributed by atoms with van der Waals surface area (Å²) in [6.07, 6.45) is 8.16. The molecular formula is C19H20N4O. The van der Waals surface area contributed by atoms with Crippen molar-refractivity contribution in [1.29, 1.82) is 0 Å². The van der Waals surface area contributed by atoms with Crippen molar-refractivity contribution in [3.63, 3.8) is 0 Å². The maximum atomic E-state index is 11.7. The van der Waals surface area contributed by atoms with Crippen molar-refractivity contribution in [2.24, 2.45) is 0 Å². The zero-order valence-corrected chi connectivity index (χ0v) is 13.5. The van der Waals surface area contributed by atoms with E-state index in [9.17, 15) is 4.79 Å². The zero-order valence-electron chi connectivity index (χ0n) is 13.5. The van der Waals surface area contributed by atoms with Gasteiger partial charge in [0, 0.05) is 36.7 Å². The Labute approximate surface area is 140 Å². The number of pyridine rings is 1. The van der Waals surface area contributed by atoms with Crippen molar-refractivity contribution in [2.45, 2.75) is 19.3 Å². The van der Waals surface area contributed by atoms with E-state index in [-0.39, 0.29) is 0 Å². The summed E-state index contributed by atoms with van der Waals surface area (Å²) < 4.78 is 1.99. The van der Waals surface area contributed by atoms with E-state index in [1.165, 1.54) is 12.8 Å². The first-order valence-electron chi connectivity index (χ1n) is 8.40. The molecule has 122 valence electrons. The van der Waals surface area contributed by atoms with Crippen molar-refractivity contribution in [3.8, 4) is 5.69 Å². The Hall–Kier alpha value is -2.66. The molecule has 0 atom stereocenters. The lowest BCUT2D eigenvalue weighted by molar-refractivity contribution is 0.112. The zero-order chi connectivity index (χ0) is 16.4. The number of fused-ring (bicyclic) bond motifs is 1. The molecule has 0 aliphatic carbocycles. The van der Waals surface area contributed by atoms with Gasteiger partial charge in [-0.25, -0.2) is 10.4 Å². The van der Waals surface area contributed by atoms with Crippen molar-refractivity contribution in [1.82, 2.24) is 15.0 Å². The number of carbonyl (C=O) groups excluding carboxylic acids is 1. The topological polar surface area (TPSA) is 50.2 Å². The highest BCUT2D eigenvalue weighted by Crippen LogP contribution is 2.31. The summed E-state index contributed by atoms with van der Waals surface area (Å²) in [6, 6.07) is 12.0. The summed E-state index contributed by atoms with van der Waals surface area (Å²) >= 11 is 0. The number of hydrogen-bond donors (Lipinski definition) is 1. The molecule has 0 bridgehead atoms. The van der Waals surface area contributed by atoms with E-state index in [1.54, 1.807) is 0 Å². The van der Waals surface area contributed by atoms with Crippen LogP contribution < -0.4 is 10.4 Å². The van der Waals surface area contributed by atoms with Crippen molar-refractivity contribution >= 4 is 23.0 Å². The first-order chi connectivity index (χ1) is 11.9. The monoisotopic (exact) mass is 320 g/mol. The first kappa shape index (κ1) is 14.9. The van der Waals surface area contributed by atoms with E-state index >= 15 is 0 Å². The van der Waals surface area contributed by atoms with Gasteiger partial charge in [-0.1, -0.05) is 24.6 Å². The fourth-order valence-electron chi connectivity index (χ4n) is 3.34. The van der Waals surface area contributed by atoms with E-state index in [2.05, 4.69) is 15.4 Å². The van der Waals surface area contributed by atoms with Crippen molar-refractivity contribution in [3.05, 3.63) is 54.4 Å². The van der Waals surface area contributed by atoms with Crippen LogP contribution in [0.2, 0.25) is 0 Å². The van der Waals surface area contributed by atoms with Gasteiger partial charge in [-0.2, -0.15) is 0 Å². The van der Waals surface area contributed by atoms with Gasteiger partial charge in [-0.15, -0.1) is 0 Å². The minimum absolute atomic E-state index is 0.669. The lowest BCUT2D eigenvalue weighted by Gasteiger charge is -2.24. The Morgan fingerprint density at radius 1 is 1.08 bits per heavy atom.